The highest BCUT2D eigenvalue weighted by Crippen LogP contribution is 2.21. The second-order valence-corrected chi connectivity index (χ2v) is 14.0. The van der Waals surface area contributed by atoms with Crippen LogP contribution in [0.5, 0.6) is 0 Å². The van der Waals surface area contributed by atoms with Gasteiger partial charge >= 0.3 is 5.97 Å². The summed E-state index contributed by atoms with van der Waals surface area (Å²) in [6.45, 7) is 0.920. The first kappa shape index (κ1) is 45.1. The van der Waals surface area contributed by atoms with Crippen molar-refractivity contribution in [1.29, 1.82) is 0 Å². The first-order valence-corrected chi connectivity index (χ1v) is 19.3. The van der Waals surface area contributed by atoms with Crippen LogP contribution in [0.4, 0.5) is 0 Å². The number of hydrogen-bond donors (Lipinski definition) is 11. The molecule has 0 saturated carbocycles. The van der Waals surface area contributed by atoms with Gasteiger partial charge in [-0.15, -0.1) is 0 Å². The molecule has 1 aromatic heterocycles. The van der Waals surface area contributed by atoms with Gasteiger partial charge < -0.3 is 64.9 Å². The van der Waals surface area contributed by atoms with Gasteiger partial charge in [-0.1, -0.05) is 18.2 Å². The first-order valence-electron chi connectivity index (χ1n) is 19.3. The van der Waals surface area contributed by atoms with Gasteiger partial charge in [0.1, 0.15) is 24.2 Å². The number of nitrogens with zero attached hydrogens (tertiary/aromatic N) is 2. The number of carboxylic acid groups (broad SMARTS) is 1. The number of benzene rings is 1. The van der Waals surface area contributed by atoms with Crippen LogP contribution in [0.15, 0.2) is 35.5 Å². The number of unbranched alkanes of at least 4 members (excludes halogenated alkanes) is 2. The van der Waals surface area contributed by atoms with Crippen LogP contribution in [0.1, 0.15) is 76.2 Å². The van der Waals surface area contributed by atoms with Crippen molar-refractivity contribution in [2.45, 2.75) is 107 Å². The third-order valence-electron chi connectivity index (χ3n) is 9.72. The van der Waals surface area contributed by atoms with Gasteiger partial charge in [0.2, 0.25) is 29.5 Å². The van der Waals surface area contributed by atoms with E-state index in [1.165, 1.54) is 4.90 Å². The number of carbonyl (C=O) groups excluding carboxylic acids is 5. The van der Waals surface area contributed by atoms with E-state index in [0.717, 1.165) is 16.5 Å². The smallest absolute Gasteiger partial charge is 0.326 e. The SMILES string of the molecule is NCCCC[C@H](NC(=O)[C@H](Cc1c[nH]c2ccccc12)NC(=O)[C@H](CCCCN)NC(=O)[C@@H]1CCCCN1C(=O)CNC(=O)[C@@H](N)CCCN=C(N)N)C(=O)O. The van der Waals surface area contributed by atoms with Crippen molar-refractivity contribution in [3.8, 4) is 0 Å². The van der Waals surface area contributed by atoms with Gasteiger partial charge in [0.05, 0.1) is 12.6 Å². The van der Waals surface area contributed by atoms with Crippen molar-refractivity contribution in [1.82, 2.24) is 31.2 Å². The van der Waals surface area contributed by atoms with Crippen LogP contribution in [0.2, 0.25) is 0 Å². The molecule has 0 bridgehead atoms. The van der Waals surface area contributed by atoms with Crippen LogP contribution in [0.3, 0.4) is 0 Å². The molecular formula is C37H60N12O7. The highest BCUT2D eigenvalue weighted by Gasteiger charge is 2.36. The molecule has 1 saturated heterocycles. The number of guanidine groups is 1. The third-order valence-corrected chi connectivity index (χ3v) is 9.72. The van der Waals surface area contributed by atoms with E-state index < -0.39 is 65.7 Å². The minimum Gasteiger partial charge on any atom is -0.480 e. The van der Waals surface area contributed by atoms with Crippen molar-refractivity contribution < 1.29 is 33.9 Å². The molecule has 0 radical (unpaired) electrons. The number of para-hydroxylation sites is 1. The number of aliphatic carboxylic acids is 1. The number of carboxylic acids is 1. The molecule has 1 aromatic carbocycles. The predicted octanol–water partition coefficient (Wildman–Crippen LogP) is -1.61. The van der Waals surface area contributed by atoms with Gasteiger partial charge in [-0.3, -0.25) is 29.0 Å². The van der Waals surface area contributed by atoms with Crippen molar-refractivity contribution in [2.75, 3.05) is 32.7 Å². The number of amides is 5. The Balaban J connectivity index is 1.76. The summed E-state index contributed by atoms with van der Waals surface area (Å²) in [5.41, 5.74) is 29.4. The Kier molecular flexibility index (Phi) is 19.0. The zero-order chi connectivity index (χ0) is 41.0. The molecule has 19 heteroatoms. The molecule has 1 aliphatic rings. The van der Waals surface area contributed by atoms with Gasteiger partial charge in [-0.25, -0.2) is 4.79 Å². The van der Waals surface area contributed by atoms with E-state index in [0.29, 0.717) is 77.4 Å². The van der Waals surface area contributed by atoms with Crippen LogP contribution < -0.4 is 49.9 Å². The summed E-state index contributed by atoms with van der Waals surface area (Å²) in [4.78, 5) is 88.1. The lowest BCUT2D eigenvalue weighted by atomic mass is 9.99. The van der Waals surface area contributed by atoms with E-state index in [9.17, 15) is 33.9 Å². The standard InChI is InChI=1S/C37H60N12O7/c38-16-6-3-13-27(46-35(54)30-15-5-8-19-49(30)31(50)22-45-32(51)25(40)11-9-18-43-37(41)42)33(52)48-29(20-23-21-44-26-12-2-1-10-24(23)26)34(53)47-28(36(55)56)14-4-7-17-39/h1-2,10,12,21,25,27-30,44H,3-9,11,13-20,22,38-40H2,(H,45,51)(H,46,54)(H,47,53)(H,48,52)(H,55,56)(H4,41,42,43)/t25-,27-,28-,29-,30-/m0/s1. The fourth-order valence-corrected chi connectivity index (χ4v) is 6.60. The summed E-state index contributed by atoms with van der Waals surface area (Å²) >= 11 is 0. The zero-order valence-electron chi connectivity index (χ0n) is 32.0. The maximum Gasteiger partial charge on any atom is 0.326 e. The lowest BCUT2D eigenvalue weighted by molar-refractivity contribution is -0.143. The number of rotatable bonds is 24. The normalized spacial score (nSPS) is 16.2. The number of nitrogens with two attached hydrogens (primary N) is 5. The largest absolute Gasteiger partial charge is 0.480 e. The molecule has 16 N–H and O–H groups in total. The second kappa shape index (κ2) is 23.6. The highest BCUT2D eigenvalue weighted by atomic mass is 16.4. The maximum atomic E-state index is 14.0. The van der Waals surface area contributed by atoms with Crippen molar-refractivity contribution in [3.63, 3.8) is 0 Å². The van der Waals surface area contributed by atoms with Gasteiger partial charge in [-0.2, -0.15) is 0 Å². The number of fused-ring (bicyclic) bond motifs is 1. The maximum absolute atomic E-state index is 14.0. The number of hydrogen-bond acceptors (Lipinski definition) is 10. The molecule has 1 fully saturated rings. The summed E-state index contributed by atoms with van der Waals surface area (Å²) in [5, 5.41) is 21.4. The van der Waals surface area contributed by atoms with Crippen LogP contribution in [0.25, 0.3) is 10.9 Å². The van der Waals surface area contributed by atoms with Crippen LogP contribution in [0, 0.1) is 0 Å². The molecule has 56 heavy (non-hydrogen) atoms. The molecule has 1 aliphatic heterocycles. The molecule has 3 rings (SSSR count). The van der Waals surface area contributed by atoms with Crippen LogP contribution >= 0.6 is 0 Å². The lowest BCUT2D eigenvalue weighted by Gasteiger charge is -2.35. The number of aromatic nitrogens is 1. The minimum atomic E-state index is -1.21. The molecular weight excluding hydrogens is 724 g/mol. The average Bonchev–Trinajstić information content (AvgIpc) is 3.59. The Morgan fingerprint density at radius 2 is 1.50 bits per heavy atom. The Bertz CT molecular complexity index is 1650. The molecule has 2 aromatic rings. The number of carbonyl (C=O) groups is 6. The van der Waals surface area contributed by atoms with Crippen LogP contribution in [-0.4, -0.2) is 119 Å². The molecule has 0 unspecified atom stereocenters. The summed E-state index contributed by atoms with van der Waals surface area (Å²) in [5.74, 6) is -4.20. The van der Waals surface area contributed by atoms with E-state index >= 15 is 0 Å². The topological polar surface area (TPSA) is 332 Å². The van der Waals surface area contributed by atoms with Crippen molar-refractivity contribution >= 4 is 52.4 Å². The zero-order valence-corrected chi connectivity index (χ0v) is 32.0. The number of nitrogens with one attached hydrogen (secondary N) is 5. The first-order chi connectivity index (χ1) is 26.9. The van der Waals surface area contributed by atoms with Crippen molar-refractivity contribution in [3.05, 3.63) is 36.0 Å². The summed E-state index contributed by atoms with van der Waals surface area (Å²) < 4.78 is 0. The van der Waals surface area contributed by atoms with Gasteiger partial charge in [0.25, 0.3) is 0 Å². The lowest BCUT2D eigenvalue weighted by Crippen LogP contribution is -2.59. The molecule has 19 nitrogen and oxygen atoms in total. The van der Waals surface area contributed by atoms with E-state index in [1.54, 1.807) is 6.20 Å². The van der Waals surface area contributed by atoms with E-state index in [-0.39, 0.29) is 38.3 Å². The Labute approximate surface area is 326 Å². The Morgan fingerprint density at radius 3 is 2.18 bits per heavy atom. The molecule has 2 heterocycles. The molecule has 5 atom stereocenters. The van der Waals surface area contributed by atoms with Gasteiger partial charge in [-0.05, 0) is 95.3 Å². The molecule has 0 spiro atoms. The number of piperidine rings is 1. The van der Waals surface area contributed by atoms with E-state index in [4.69, 9.17) is 28.7 Å². The Hall–Kier alpha value is -5.27. The monoisotopic (exact) mass is 784 g/mol. The molecule has 5 amide bonds. The fourth-order valence-electron chi connectivity index (χ4n) is 6.60. The summed E-state index contributed by atoms with van der Waals surface area (Å²) in [6.07, 6.45) is 6.56. The Morgan fingerprint density at radius 1 is 0.839 bits per heavy atom. The number of likely N-dealkylation sites (tertiary alicyclic amines) is 1. The summed E-state index contributed by atoms with van der Waals surface area (Å²) in [6, 6.07) is 2.11. The average molecular weight is 785 g/mol. The van der Waals surface area contributed by atoms with Gasteiger partial charge in [0, 0.05) is 36.6 Å². The third kappa shape index (κ3) is 14.4. The molecule has 0 aliphatic carbocycles. The predicted molar refractivity (Wildman–Crippen MR) is 211 cm³/mol. The van der Waals surface area contributed by atoms with Crippen molar-refractivity contribution in [2.24, 2.45) is 33.7 Å². The second-order valence-electron chi connectivity index (χ2n) is 14.0. The fraction of sp³-hybridized carbons (Fsp3) is 0.595. The quantitative estimate of drug-likeness (QED) is 0.0325. The number of H-pyrrole nitrogens is 1. The van der Waals surface area contributed by atoms with Gasteiger partial charge in [0.15, 0.2) is 5.96 Å². The summed E-state index contributed by atoms with van der Waals surface area (Å²) in [7, 11) is 0. The number of aliphatic imine (C=N–C) groups is 1. The highest BCUT2D eigenvalue weighted by molar-refractivity contribution is 5.96. The van der Waals surface area contributed by atoms with Crippen LogP contribution in [-0.2, 0) is 35.2 Å². The van der Waals surface area contributed by atoms with E-state index in [2.05, 4.69) is 31.2 Å². The van der Waals surface area contributed by atoms with E-state index in [1.807, 2.05) is 24.3 Å². The minimum absolute atomic E-state index is 0.0245. The molecule has 310 valence electrons. The number of aromatic amines is 1.